The Morgan fingerprint density at radius 2 is 2.26 bits per heavy atom. The van der Waals surface area contributed by atoms with E-state index >= 15 is 0 Å². The first kappa shape index (κ1) is 13.9. The maximum Gasteiger partial charge on any atom is 0.410 e. The maximum atomic E-state index is 11.9. The Bertz CT molecular complexity index is 502. The molecule has 0 saturated heterocycles. The van der Waals surface area contributed by atoms with Crippen molar-refractivity contribution in [3.8, 4) is 0 Å². The Kier molecular flexibility index (Phi) is 3.80. The molecule has 5 nitrogen and oxygen atoms in total. The SMILES string of the molecule is CC(C)(C)OC(=O)N1CC=C(c2cnc(N)s2)CC1. The van der Waals surface area contributed by atoms with Crippen molar-refractivity contribution >= 4 is 28.1 Å². The van der Waals surface area contributed by atoms with Crippen LogP contribution < -0.4 is 5.73 Å². The quantitative estimate of drug-likeness (QED) is 0.859. The summed E-state index contributed by atoms with van der Waals surface area (Å²) in [5.41, 5.74) is 6.38. The summed E-state index contributed by atoms with van der Waals surface area (Å²) in [5.74, 6) is 0. The number of thiazole rings is 1. The van der Waals surface area contributed by atoms with Gasteiger partial charge in [-0.15, -0.1) is 0 Å². The summed E-state index contributed by atoms with van der Waals surface area (Å²) < 4.78 is 5.35. The molecule has 2 N–H and O–H groups in total. The summed E-state index contributed by atoms with van der Waals surface area (Å²) in [6.45, 7) is 6.85. The van der Waals surface area contributed by atoms with E-state index < -0.39 is 5.60 Å². The van der Waals surface area contributed by atoms with Gasteiger partial charge in [-0.25, -0.2) is 9.78 Å². The van der Waals surface area contributed by atoms with E-state index in [0.29, 0.717) is 18.2 Å². The zero-order valence-corrected chi connectivity index (χ0v) is 12.3. The smallest absolute Gasteiger partial charge is 0.410 e. The van der Waals surface area contributed by atoms with E-state index in [9.17, 15) is 4.79 Å². The summed E-state index contributed by atoms with van der Waals surface area (Å²) in [6, 6.07) is 0. The van der Waals surface area contributed by atoms with Gasteiger partial charge in [0.25, 0.3) is 0 Å². The number of nitrogens with two attached hydrogens (primary N) is 1. The van der Waals surface area contributed by atoms with Gasteiger partial charge in [0, 0.05) is 19.3 Å². The van der Waals surface area contributed by atoms with Crippen LogP contribution in [0, 0.1) is 0 Å². The fourth-order valence-corrected chi connectivity index (χ4v) is 2.57. The van der Waals surface area contributed by atoms with Crippen molar-refractivity contribution in [2.75, 3.05) is 18.8 Å². The summed E-state index contributed by atoms with van der Waals surface area (Å²) >= 11 is 1.48. The average molecular weight is 281 g/mol. The maximum absolute atomic E-state index is 11.9. The minimum Gasteiger partial charge on any atom is -0.444 e. The monoisotopic (exact) mass is 281 g/mol. The minimum absolute atomic E-state index is 0.258. The van der Waals surface area contributed by atoms with Gasteiger partial charge in [-0.05, 0) is 32.8 Å². The lowest BCUT2D eigenvalue weighted by atomic mass is 10.1. The zero-order chi connectivity index (χ0) is 14.0. The molecule has 1 aliphatic heterocycles. The number of nitrogens with zero attached hydrogens (tertiary/aromatic N) is 2. The number of anilines is 1. The fraction of sp³-hybridized carbons (Fsp3) is 0.538. The first-order valence-electron chi connectivity index (χ1n) is 6.24. The van der Waals surface area contributed by atoms with E-state index in [1.54, 1.807) is 11.1 Å². The van der Waals surface area contributed by atoms with Crippen LogP contribution in [0.15, 0.2) is 12.3 Å². The fourth-order valence-electron chi connectivity index (χ4n) is 1.82. The molecule has 1 aliphatic rings. The predicted molar refractivity (Wildman–Crippen MR) is 76.9 cm³/mol. The summed E-state index contributed by atoms with van der Waals surface area (Å²) in [4.78, 5) is 18.7. The molecule has 104 valence electrons. The molecule has 6 heteroatoms. The van der Waals surface area contributed by atoms with E-state index in [1.807, 2.05) is 26.8 Å². The lowest BCUT2D eigenvalue weighted by Gasteiger charge is -2.29. The third kappa shape index (κ3) is 3.70. The molecule has 0 aliphatic carbocycles. The third-order valence-electron chi connectivity index (χ3n) is 2.70. The molecule has 1 aromatic heterocycles. The first-order valence-corrected chi connectivity index (χ1v) is 7.05. The second kappa shape index (κ2) is 5.21. The highest BCUT2D eigenvalue weighted by atomic mass is 32.1. The van der Waals surface area contributed by atoms with Crippen molar-refractivity contribution in [2.24, 2.45) is 0 Å². The largest absolute Gasteiger partial charge is 0.444 e. The second-order valence-electron chi connectivity index (χ2n) is 5.47. The van der Waals surface area contributed by atoms with Crippen molar-refractivity contribution in [3.63, 3.8) is 0 Å². The topological polar surface area (TPSA) is 68.5 Å². The summed E-state index contributed by atoms with van der Waals surface area (Å²) in [7, 11) is 0. The van der Waals surface area contributed by atoms with Gasteiger partial charge in [0.05, 0.1) is 4.88 Å². The number of carbonyl (C=O) groups is 1. The van der Waals surface area contributed by atoms with Gasteiger partial charge in [-0.3, -0.25) is 0 Å². The van der Waals surface area contributed by atoms with E-state index in [-0.39, 0.29) is 6.09 Å². The molecule has 0 bridgehead atoms. The van der Waals surface area contributed by atoms with Crippen LogP contribution in [0.1, 0.15) is 32.1 Å². The van der Waals surface area contributed by atoms with Crippen LogP contribution in [0.5, 0.6) is 0 Å². The number of hydrogen-bond donors (Lipinski definition) is 1. The molecule has 19 heavy (non-hydrogen) atoms. The molecule has 0 fully saturated rings. The first-order chi connectivity index (χ1) is 8.85. The summed E-state index contributed by atoms with van der Waals surface area (Å²) in [5, 5.41) is 0.575. The third-order valence-corrected chi connectivity index (χ3v) is 3.60. The number of carbonyl (C=O) groups excluding carboxylic acids is 1. The van der Waals surface area contributed by atoms with Gasteiger partial charge in [0.1, 0.15) is 5.60 Å². The Hall–Kier alpha value is -1.56. The lowest BCUT2D eigenvalue weighted by molar-refractivity contribution is 0.0270. The van der Waals surface area contributed by atoms with Crippen molar-refractivity contribution in [1.29, 1.82) is 0 Å². The number of rotatable bonds is 1. The standard InChI is InChI=1S/C13H19N3O2S/c1-13(2,3)18-12(17)16-6-4-9(5-7-16)10-8-15-11(14)19-10/h4,8H,5-7H2,1-3H3,(H2,14,15). The summed E-state index contributed by atoms with van der Waals surface area (Å²) in [6.07, 6.45) is 4.38. The molecule has 0 atom stereocenters. The molecule has 2 heterocycles. The Balaban J connectivity index is 1.98. The van der Waals surface area contributed by atoms with Crippen LogP contribution >= 0.6 is 11.3 Å². The van der Waals surface area contributed by atoms with Crippen LogP contribution in [0.2, 0.25) is 0 Å². The molecule has 0 radical (unpaired) electrons. The molecule has 0 spiro atoms. The highest BCUT2D eigenvalue weighted by molar-refractivity contribution is 7.16. The van der Waals surface area contributed by atoms with Crippen LogP contribution in [0.3, 0.4) is 0 Å². The van der Waals surface area contributed by atoms with Gasteiger partial charge < -0.3 is 15.4 Å². The Labute approximate surface area is 117 Å². The lowest BCUT2D eigenvalue weighted by Crippen LogP contribution is -2.39. The number of hydrogen-bond acceptors (Lipinski definition) is 5. The van der Waals surface area contributed by atoms with Crippen molar-refractivity contribution in [3.05, 3.63) is 17.2 Å². The number of ether oxygens (including phenoxy) is 1. The molecule has 2 rings (SSSR count). The zero-order valence-electron chi connectivity index (χ0n) is 11.5. The van der Waals surface area contributed by atoms with Gasteiger partial charge in [0.2, 0.25) is 0 Å². The van der Waals surface area contributed by atoms with Gasteiger partial charge in [-0.1, -0.05) is 17.4 Å². The van der Waals surface area contributed by atoms with Crippen molar-refractivity contribution in [1.82, 2.24) is 9.88 Å². The second-order valence-corrected chi connectivity index (χ2v) is 6.53. The number of aromatic nitrogens is 1. The van der Waals surface area contributed by atoms with Crippen LogP contribution in [0.4, 0.5) is 9.93 Å². The predicted octanol–water partition coefficient (Wildman–Crippen LogP) is 2.75. The molecule has 1 aromatic rings. The van der Waals surface area contributed by atoms with Gasteiger partial charge in [-0.2, -0.15) is 0 Å². The molecule has 0 saturated carbocycles. The Morgan fingerprint density at radius 3 is 2.74 bits per heavy atom. The highest BCUT2D eigenvalue weighted by Gasteiger charge is 2.24. The average Bonchev–Trinajstić information content (AvgIpc) is 2.74. The molecular weight excluding hydrogens is 262 g/mol. The normalized spacial score (nSPS) is 16.2. The van der Waals surface area contributed by atoms with Crippen LogP contribution in [-0.4, -0.2) is 34.7 Å². The van der Waals surface area contributed by atoms with E-state index in [4.69, 9.17) is 10.5 Å². The van der Waals surface area contributed by atoms with E-state index in [2.05, 4.69) is 4.98 Å². The number of amides is 1. The van der Waals surface area contributed by atoms with Crippen molar-refractivity contribution in [2.45, 2.75) is 32.8 Å². The van der Waals surface area contributed by atoms with Crippen LogP contribution in [0.25, 0.3) is 5.57 Å². The molecular formula is C13H19N3O2S. The Morgan fingerprint density at radius 1 is 1.53 bits per heavy atom. The number of nitrogen functional groups attached to an aromatic ring is 1. The van der Waals surface area contributed by atoms with Gasteiger partial charge in [0.15, 0.2) is 5.13 Å². The van der Waals surface area contributed by atoms with Crippen molar-refractivity contribution < 1.29 is 9.53 Å². The molecule has 0 aromatic carbocycles. The minimum atomic E-state index is -0.451. The molecule has 1 amide bonds. The van der Waals surface area contributed by atoms with Crippen LogP contribution in [-0.2, 0) is 4.74 Å². The van der Waals surface area contributed by atoms with E-state index in [1.165, 1.54) is 16.9 Å². The van der Waals surface area contributed by atoms with E-state index in [0.717, 1.165) is 11.3 Å². The van der Waals surface area contributed by atoms with Gasteiger partial charge >= 0.3 is 6.09 Å². The molecule has 0 unspecified atom stereocenters. The highest BCUT2D eigenvalue weighted by Crippen LogP contribution is 2.28.